The minimum Gasteiger partial charge on any atom is -0.477 e. The molecule has 0 fully saturated rings. The Balaban J connectivity index is 2.23. The van der Waals surface area contributed by atoms with Crippen molar-refractivity contribution in [2.45, 2.75) is 20.3 Å². The standard InChI is InChI=1S/C12H19N3O3/c1-9(2)8-18-7-3-5-13-12-14-6-4-10(15-12)11(16)17/h4,6,9H,3,5,7-8H2,1-2H3,(H,16,17)(H,13,14,15). The minimum atomic E-state index is -1.05. The van der Waals surface area contributed by atoms with E-state index in [-0.39, 0.29) is 5.69 Å². The van der Waals surface area contributed by atoms with Crippen LogP contribution in [0.25, 0.3) is 0 Å². The molecule has 0 amide bonds. The van der Waals surface area contributed by atoms with E-state index in [0.717, 1.165) is 13.0 Å². The molecule has 0 saturated heterocycles. The van der Waals surface area contributed by atoms with E-state index in [2.05, 4.69) is 29.1 Å². The Kier molecular flexibility index (Phi) is 6.07. The molecule has 0 saturated carbocycles. The van der Waals surface area contributed by atoms with E-state index in [4.69, 9.17) is 9.84 Å². The predicted molar refractivity (Wildman–Crippen MR) is 67.8 cm³/mol. The zero-order valence-corrected chi connectivity index (χ0v) is 10.7. The van der Waals surface area contributed by atoms with Crippen molar-refractivity contribution in [3.05, 3.63) is 18.0 Å². The lowest BCUT2D eigenvalue weighted by Crippen LogP contribution is -2.11. The Hall–Kier alpha value is -1.69. The van der Waals surface area contributed by atoms with Crippen molar-refractivity contribution in [1.29, 1.82) is 0 Å². The molecular weight excluding hydrogens is 234 g/mol. The lowest BCUT2D eigenvalue weighted by atomic mass is 10.2. The molecule has 6 heteroatoms. The number of carbonyl (C=O) groups is 1. The van der Waals surface area contributed by atoms with Gasteiger partial charge in [0.25, 0.3) is 0 Å². The van der Waals surface area contributed by atoms with Crippen LogP contribution in [0.4, 0.5) is 5.95 Å². The van der Waals surface area contributed by atoms with Crippen LogP contribution in [-0.4, -0.2) is 40.8 Å². The predicted octanol–water partition coefficient (Wildman–Crippen LogP) is 1.65. The number of hydrogen-bond donors (Lipinski definition) is 2. The Morgan fingerprint density at radius 2 is 2.33 bits per heavy atom. The van der Waals surface area contributed by atoms with E-state index in [1.165, 1.54) is 12.3 Å². The maximum Gasteiger partial charge on any atom is 0.354 e. The van der Waals surface area contributed by atoms with Crippen molar-refractivity contribution in [3.63, 3.8) is 0 Å². The first-order chi connectivity index (χ1) is 8.59. The van der Waals surface area contributed by atoms with Crippen LogP contribution in [0.1, 0.15) is 30.8 Å². The fraction of sp³-hybridized carbons (Fsp3) is 0.583. The number of aromatic nitrogens is 2. The van der Waals surface area contributed by atoms with E-state index in [1.54, 1.807) is 0 Å². The van der Waals surface area contributed by atoms with Crippen molar-refractivity contribution < 1.29 is 14.6 Å². The number of nitrogens with one attached hydrogen (secondary N) is 1. The van der Waals surface area contributed by atoms with Gasteiger partial charge in [-0.3, -0.25) is 0 Å². The van der Waals surface area contributed by atoms with Gasteiger partial charge in [-0.15, -0.1) is 0 Å². The molecule has 1 aromatic rings. The molecule has 0 aromatic carbocycles. The molecular formula is C12H19N3O3. The first-order valence-electron chi connectivity index (χ1n) is 5.97. The van der Waals surface area contributed by atoms with Crippen molar-refractivity contribution in [2.24, 2.45) is 5.92 Å². The lowest BCUT2D eigenvalue weighted by molar-refractivity contribution is 0.0690. The molecule has 0 atom stereocenters. The Morgan fingerprint density at radius 1 is 1.56 bits per heavy atom. The molecule has 0 radical (unpaired) electrons. The van der Waals surface area contributed by atoms with E-state index in [0.29, 0.717) is 25.0 Å². The summed E-state index contributed by atoms with van der Waals surface area (Å²) in [6.45, 7) is 6.28. The summed E-state index contributed by atoms with van der Waals surface area (Å²) in [5.74, 6) is -0.187. The topological polar surface area (TPSA) is 84.3 Å². The molecule has 1 heterocycles. The fourth-order valence-corrected chi connectivity index (χ4v) is 1.26. The summed E-state index contributed by atoms with van der Waals surface area (Å²) in [6, 6.07) is 1.36. The molecule has 0 aliphatic rings. The molecule has 0 bridgehead atoms. The molecule has 1 aromatic heterocycles. The largest absolute Gasteiger partial charge is 0.477 e. The van der Waals surface area contributed by atoms with Crippen molar-refractivity contribution in [2.75, 3.05) is 25.1 Å². The summed E-state index contributed by atoms with van der Waals surface area (Å²) in [6.07, 6.45) is 2.25. The van der Waals surface area contributed by atoms with Crippen LogP contribution in [0.5, 0.6) is 0 Å². The molecule has 100 valence electrons. The SMILES string of the molecule is CC(C)COCCCNc1nccc(C(=O)O)n1. The molecule has 0 aliphatic heterocycles. The second-order valence-corrected chi connectivity index (χ2v) is 4.32. The Bertz CT molecular complexity index is 383. The second-order valence-electron chi connectivity index (χ2n) is 4.32. The molecule has 2 N–H and O–H groups in total. The zero-order chi connectivity index (χ0) is 13.4. The van der Waals surface area contributed by atoms with E-state index < -0.39 is 5.97 Å². The maximum atomic E-state index is 10.7. The van der Waals surface area contributed by atoms with Crippen molar-refractivity contribution in [1.82, 2.24) is 9.97 Å². The van der Waals surface area contributed by atoms with Crippen LogP contribution in [0.3, 0.4) is 0 Å². The summed E-state index contributed by atoms with van der Waals surface area (Å²) in [5, 5.41) is 11.7. The van der Waals surface area contributed by atoms with Gasteiger partial charge in [0.15, 0.2) is 5.69 Å². The van der Waals surface area contributed by atoms with Crippen LogP contribution in [-0.2, 0) is 4.74 Å². The normalized spacial score (nSPS) is 10.6. The highest BCUT2D eigenvalue weighted by Gasteiger charge is 2.05. The van der Waals surface area contributed by atoms with Crippen LogP contribution < -0.4 is 5.32 Å². The highest BCUT2D eigenvalue weighted by Crippen LogP contribution is 2.00. The average molecular weight is 253 g/mol. The summed E-state index contributed by atoms with van der Waals surface area (Å²) < 4.78 is 5.42. The first kappa shape index (κ1) is 14.4. The number of carboxylic acid groups (broad SMARTS) is 1. The third-order valence-corrected chi connectivity index (χ3v) is 2.07. The van der Waals surface area contributed by atoms with Crippen molar-refractivity contribution in [3.8, 4) is 0 Å². The number of hydrogen-bond acceptors (Lipinski definition) is 5. The first-order valence-corrected chi connectivity index (χ1v) is 5.97. The zero-order valence-electron chi connectivity index (χ0n) is 10.7. The summed E-state index contributed by atoms with van der Waals surface area (Å²) in [7, 11) is 0. The third kappa shape index (κ3) is 5.58. The van der Waals surface area contributed by atoms with Gasteiger partial charge in [-0.25, -0.2) is 14.8 Å². The van der Waals surface area contributed by atoms with Gasteiger partial charge < -0.3 is 15.2 Å². The van der Waals surface area contributed by atoms with Gasteiger partial charge in [-0.05, 0) is 18.4 Å². The van der Waals surface area contributed by atoms with Gasteiger partial charge in [0.05, 0.1) is 0 Å². The highest BCUT2D eigenvalue weighted by atomic mass is 16.5. The second kappa shape index (κ2) is 7.60. The third-order valence-electron chi connectivity index (χ3n) is 2.07. The fourth-order valence-electron chi connectivity index (χ4n) is 1.26. The average Bonchev–Trinajstić information content (AvgIpc) is 2.33. The van der Waals surface area contributed by atoms with E-state index in [9.17, 15) is 4.79 Å². The van der Waals surface area contributed by atoms with Crippen LogP contribution in [0, 0.1) is 5.92 Å². The lowest BCUT2D eigenvalue weighted by Gasteiger charge is -2.07. The summed E-state index contributed by atoms with van der Waals surface area (Å²) >= 11 is 0. The molecule has 18 heavy (non-hydrogen) atoms. The van der Waals surface area contributed by atoms with Gasteiger partial charge >= 0.3 is 5.97 Å². The van der Waals surface area contributed by atoms with E-state index in [1.807, 2.05) is 0 Å². The number of rotatable bonds is 8. The van der Waals surface area contributed by atoms with Gasteiger partial charge in [-0.1, -0.05) is 13.8 Å². The minimum absolute atomic E-state index is 0.0106. The number of aromatic carboxylic acids is 1. The number of ether oxygens (including phenoxy) is 1. The summed E-state index contributed by atoms with van der Waals surface area (Å²) in [4.78, 5) is 18.5. The molecule has 1 rings (SSSR count). The van der Waals surface area contributed by atoms with E-state index >= 15 is 0 Å². The Morgan fingerprint density at radius 3 is 3.00 bits per heavy atom. The monoisotopic (exact) mass is 253 g/mol. The van der Waals surface area contributed by atoms with Gasteiger partial charge in [0, 0.05) is 26.0 Å². The molecule has 0 spiro atoms. The molecule has 0 aliphatic carbocycles. The van der Waals surface area contributed by atoms with Gasteiger partial charge in [-0.2, -0.15) is 0 Å². The number of anilines is 1. The van der Waals surface area contributed by atoms with Crippen LogP contribution in [0.2, 0.25) is 0 Å². The molecule has 6 nitrogen and oxygen atoms in total. The summed E-state index contributed by atoms with van der Waals surface area (Å²) in [5.41, 5.74) is -0.0106. The van der Waals surface area contributed by atoms with Gasteiger partial charge in [0.2, 0.25) is 5.95 Å². The molecule has 0 unspecified atom stereocenters. The maximum absolute atomic E-state index is 10.7. The number of nitrogens with zero attached hydrogens (tertiary/aromatic N) is 2. The number of carboxylic acids is 1. The Labute approximate surface area is 106 Å². The van der Waals surface area contributed by atoms with Gasteiger partial charge in [0.1, 0.15) is 0 Å². The van der Waals surface area contributed by atoms with Crippen molar-refractivity contribution >= 4 is 11.9 Å². The quantitative estimate of drug-likeness (QED) is 0.685. The van der Waals surface area contributed by atoms with Crippen LogP contribution in [0.15, 0.2) is 12.3 Å². The smallest absolute Gasteiger partial charge is 0.354 e. The highest BCUT2D eigenvalue weighted by molar-refractivity contribution is 5.85. The van der Waals surface area contributed by atoms with Crippen LogP contribution >= 0.6 is 0 Å².